The van der Waals surface area contributed by atoms with Gasteiger partial charge in [-0.15, -0.1) is 0 Å². The first kappa shape index (κ1) is 26.8. The zero-order valence-electron chi connectivity index (χ0n) is 20.2. The highest BCUT2D eigenvalue weighted by Gasteiger charge is 2.21. The third kappa shape index (κ3) is 7.84. The van der Waals surface area contributed by atoms with Gasteiger partial charge in [-0.25, -0.2) is 8.78 Å². The van der Waals surface area contributed by atoms with Crippen molar-refractivity contribution in [2.75, 3.05) is 33.8 Å². The van der Waals surface area contributed by atoms with E-state index in [1.165, 1.54) is 18.3 Å². The topological polar surface area (TPSA) is 74.5 Å². The van der Waals surface area contributed by atoms with E-state index in [0.29, 0.717) is 47.4 Å². The van der Waals surface area contributed by atoms with E-state index in [-0.39, 0.29) is 6.54 Å². The number of nitrogens with zero attached hydrogens (tertiary/aromatic N) is 5. The van der Waals surface area contributed by atoms with Gasteiger partial charge in [0.25, 0.3) is 0 Å². The minimum Gasteiger partial charge on any atom is -0.493 e. The molecule has 0 aliphatic carbocycles. The van der Waals surface area contributed by atoms with Crippen LogP contribution in [0.4, 0.5) is 8.78 Å². The molecule has 0 aliphatic heterocycles. The van der Waals surface area contributed by atoms with Crippen LogP contribution in [0.2, 0.25) is 0 Å². The molecule has 2 aromatic rings. The third-order valence-electron chi connectivity index (χ3n) is 4.81. The highest BCUT2D eigenvalue weighted by atomic mass is 19.1. The van der Waals surface area contributed by atoms with Crippen molar-refractivity contribution >= 4 is 18.4 Å². The predicted molar refractivity (Wildman–Crippen MR) is 134 cm³/mol. The van der Waals surface area contributed by atoms with Crippen LogP contribution in [-0.2, 0) is 6.54 Å². The lowest BCUT2D eigenvalue weighted by Gasteiger charge is -2.27. The summed E-state index contributed by atoms with van der Waals surface area (Å²) < 4.78 is 34.7. The maximum atomic E-state index is 15.1. The molecule has 0 atom stereocenters. The molecule has 2 rings (SSSR count). The summed E-state index contributed by atoms with van der Waals surface area (Å²) in [6, 6.07) is 6.08. The number of halogens is 2. The smallest absolute Gasteiger partial charge is 0.142 e. The molecule has 0 spiro atoms. The molecule has 0 saturated carbocycles. The van der Waals surface area contributed by atoms with Crippen LogP contribution in [0.1, 0.15) is 31.4 Å². The highest BCUT2D eigenvalue weighted by Crippen LogP contribution is 2.21. The van der Waals surface area contributed by atoms with Gasteiger partial charge in [-0.3, -0.25) is 20.0 Å². The molecule has 7 nitrogen and oxygen atoms in total. The number of pyridine rings is 1. The summed E-state index contributed by atoms with van der Waals surface area (Å²) in [6.07, 6.45) is 5.16. The van der Waals surface area contributed by atoms with Crippen molar-refractivity contribution in [3.05, 3.63) is 71.2 Å². The van der Waals surface area contributed by atoms with Crippen LogP contribution < -0.4 is 10.1 Å². The maximum Gasteiger partial charge on any atom is 0.142 e. The van der Waals surface area contributed by atoms with E-state index in [9.17, 15) is 4.39 Å². The summed E-state index contributed by atoms with van der Waals surface area (Å²) in [5, 5.41) is 3.04. The van der Waals surface area contributed by atoms with Crippen molar-refractivity contribution in [2.45, 2.75) is 26.8 Å². The minimum atomic E-state index is -0.502. The monoisotopic (exact) mass is 470 g/mol. The maximum absolute atomic E-state index is 15.1. The molecule has 0 unspecified atom stereocenters. The molecule has 182 valence electrons. The summed E-state index contributed by atoms with van der Waals surface area (Å²) in [6.45, 7) is 9.07. The first-order valence-electron chi connectivity index (χ1n) is 11.0. The van der Waals surface area contributed by atoms with Crippen molar-refractivity contribution in [3.8, 4) is 5.75 Å². The van der Waals surface area contributed by atoms with Gasteiger partial charge in [0.05, 0.1) is 19.3 Å². The lowest BCUT2D eigenvalue weighted by atomic mass is 10.1. The molecule has 1 N–H and O–H groups in total. The SMILES string of the molecule is C=N/C(C)=C\C(=NCC)N(Cc1ccc(OCCCNC)cc1F)C(=NC)c1cncc(F)c1. The number of ether oxygens (including phenoxy) is 1. The van der Waals surface area contributed by atoms with Crippen molar-refractivity contribution in [1.82, 2.24) is 15.2 Å². The standard InChI is InChI=1S/C25H32F2N6O/c1-6-32-24(12-18(2)29-4)33(25(30-5)20-13-21(26)16-31-15-20)17-19-8-9-22(14-23(19)27)34-11-7-10-28-3/h8-9,12-16,28H,4,6-7,10-11,17H2,1-3,5H3/b18-12-,30-25?,32-24?. The van der Waals surface area contributed by atoms with E-state index in [2.05, 4.69) is 32.0 Å². The second-order valence-electron chi connectivity index (χ2n) is 7.36. The number of allylic oxidation sites excluding steroid dienone is 1. The third-order valence-corrected chi connectivity index (χ3v) is 4.81. The number of rotatable bonds is 11. The normalized spacial score (nSPS) is 12.6. The molecular weight excluding hydrogens is 438 g/mol. The molecule has 1 aromatic carbocycles. The van der Waals surface area contributed by atoms with Gasteiger partial charge in [-0.2, -0.15) is 0 Å². The first-order chi connectivity index (χ1) is 16.4. The number of nitrogens with one attached hydrogen (secondary N) is 1. The number of hydrogen-bond acceptors (Lipinski definition) is 6. The van der Waals surface area contributed by atoms with E-state index in [0.717, 1.165) is 19.2 Å². The Kier molecular flexibility index (Phi) is 11.0. The molecule has 34 heavy (non-hydrogen) atoms. The van der Waals surface area contributed by atoms with Gasteiger partial charge in [-0.05, 0) is 52.7 Å². The van der Waals surface area contributed by atoms with Crippen LogP contribution in [0.25, 0.3) is 0 Å². The molecular formula is C25H32F2N6O. The summed E-state index contributed by atoms with van der Waals surface area (Å²) in [5.41, 5.74) is 1.46. The Morgan fingerprint density at radius 1 is 1.26 bits per heavy atom. The van der Waals surface area contributed by atoms with Crippen LogP contribution in [0.15, 0.2) is 63.4 Å². The fraction of sp³-hybridized carbons (Fsp3) is 0.360. The van der Waals surface area contributed by atoms with Crippen LogP contribution in [0.3, 0.4) is 0 Å². The van der Waals surface area contributed by atoms with Crippen LogP contribution in [-0.4, -0.2) is 62.1 Å². The first-order valence-corrected chi connectivity index (χ1v) is 11.0. The Labute approximate surface area is 200 Å². The van der Waals surface area contributed by atoms with Gasteiger partial charge < -0.3 is 15.0 Å². The number of amidine groups is 2. The number of hydrogen-bond donors (Lipinski definition) is 1. The lowest BCUT2D eigenvalue weighted by Crippen LogP contribution is -2.37. The van der Waals surface area contributed by atoms with Crippen LogP contribution in [0, 0.1) is 11.6 Å². The van der Waals surface area contributed by atoms with Crippen molar-refractivity contribution < 1.29 is 13.5 Å². The Balaban J connectivity index is 2.45. The van der Waals surface area contributed by atoms with E-state index < -0.39 is 11.6 Å². The van der Waals surface area contributed by atoms with E-state index in [4.69, 9.17) is 4.74 Å². The lowest BCUT2D eigenvalue weighted by molar-refractivity contribution is 0.308. The molecule has 0 saturated heterocycles. The number of aliphatic imine (C=N–C) groups is 3. The van der Waals surface area contributed by atoms with Gasteiger partial charge >= 0.3 is 0 Å². The van der Waals surface area contributed by atoms with Crippen LogP contribution >= 0.6 is 0 Å². The Morgan fingerprint density at radius 3 is 2.68 bits per heavy atom. The van der Waals surface area contributed by atoms with Gasteiger partial charge in [0.2, 0.25) is 0 Å². The zero-order valence-corrected chi connectivity index (χ0v) is 20.2. The summed E-state index contributed by atoms with van der Waals surface area (Å²) in [4.78, 5) is 18.5. The second kappa shape index (κ2) is 13.9. The molecule has 9 heteroatoms. The quantitative estimate of drug-likeness (QED) is 0.303. The minimum absolute atomic E-state index is 0.0921. The zero-order chi connectivity index (χ0) is 24.9. The van der Waals surface area contributed by atoms with E-state index >= 15 is 4.39 Å². The molecule has 1 heterocycles. The highest BCUT2D eigenvalue weighted by molar-refractivity contribution is 6.12. The van der Waals surface area contributed by atoms with Gasteiger partial charge in [0.1, 0.15) is 29.1 Å². The fourth-order valence-electron chi connectivity index (χ4n) is 3.16. The molecule has 0 bridgehead atoms. The van der Waals surface area contributed by atoms with E-state index in [1.807, 2.05) is 14.0 Å². The summed E-state index contributed by atoms with van der Waals surface area (Å²) >= 11 is 0. The summed E-state index contributed by atoms with van der Waals surface area (Å²) in [5.74, 6) is 0.403. The molecule has 0 aliphatic rings. The number of aromatic nitrogens is 1. The van der Waals surface area contributed by atoms with Gasteiger partial charge in [-0.1, -0.05) is 6.07 Å². The average molecular weight is 471 g/mol. The second-order valence-corrected chi connectivity index (χ2v) is 7.36. The Morgan fingerprint density at radius 2 is 2.06 bits per heavy atom. The number of benzene rings is 1. The van der Waals surface area contributed by atoms with Crippen molar-refractivity contribution in [2.24, 2.45) is 15.0 Å². The fourth-order valence-corrected chi connectivity index (χ4v) is 3.16. The Hall–Kier alpha value is -3.46. The van der Waals surface area contributed by atoms with Crippen molar-refractivity contribution in [1.29, 1.82) is 0 Å². The van der Waals surface area contributed by atoms with Crippen molar-refractivity contribution in [3.63, 3.8) is 0 Å². The largest absolute Gasteiger partial charge is 0.493 e. The molecule has 0 radical (unpaired) electrons. The van der Waals surface area contributed by atoms with E-state index in [1.54, 1.807) is 37.1 Å². The Bertz CT molecular complexity index is 1050. The average Bonchev–Trinajstić information content (AvgIpc) is 2.82. The summed E-state index contributed by atoms with van der Waals surface area (Å²) in [7, 11) is 3.45. The van der Waals surface area contributed by atoms with Gasteiger partial charge in [0, 0.05) is 48.8 Å². The predicted octanol–water partition coefficient (Wildman–Crippen LogP) is 4.25. The molecule has 0 fully saturated rings. The molecule has 0 amide bonds. The molecule has 1 aromatic heterocycles. The van der Waals surface area contributed by atoms with Gasteiger partial charge in [0.15, 0.2) is 0 Å². The van der Waals surface area contributed by atoms with Crippen LogP contribution in [0.5, 0.6) is 5.75 Å².